The second-order valence-electron chi connectivity index (χ2n) is 14.2. The van der Waals surface area contributed by atoms with Gasteiger partial charge in [-0.1, -0.05) is 18.2 Å². The molecule has 2 amide bonds. The molecule has 280 valence electrons. The number of carbonyl (C=O) groups is 2. The van der Waals surface area contributed by atoms with E-state index >= 15 is 0 Å². The maximum atomic E-state index is 14.0. The quantitative estimate of drug-likeness (QED) is 0.136. The number of hydrogen-bond donors (Lipinski definition) is 1. The highest BCUT2D eigenvalue weighted by molar-refractivity contribution is 5.87. The number of ether oxygens (including phenoxy) is 2. The van der Waals surface area contributed by atoms with Gasteiger partial charge in [0.15, 0.2) is 17.1 Å². The summed E-state index contributed by atoms with van der Waals surface area (Å²) in [5.41, 5.74) is 3.51. The van der Waals surface area contributed by atoms with Gasteiger partial charge in [0.2, 0.25) is 11.8 Å². The van der Waals surface area contributed by atoms with E-state index in [1.54, 1.807) is 50.2 Å². The second-order valence-corrected chi connectivity index (χ2v) is 14.2. The first-order chi connectivity index (χ1) is 25.7. The van der Waals surface area contributed by atoms with Crippen LogP contribution in [0, 0.1) is 16.0 Å². The van der Waals surface area contributed by atoms with Gasteiger partial charge in [0, 0.05) is 70.3 Å². The minimum absolute atomic E-state index is 0.0178. The Morgan fingerprint density at radius 3 is 2.47 bits per heavy atom. The van der Waals surface area contributed by atoms with E-state index in [9.17, 15) is 19.7 Å². The zero-order chi connectivity index (χ0) is 37.1. The summed E-state index contributed by atoms with van der Waals surface area (Å²) in [6, 6.07) is 10.9. The monoisotopic (exact) mass is 725 g/mol. The molecule has 1 spiro atoms. The Hall–Kier alpha value is -5.31. The van der Waals surface area contributed by atoms with E-state index in [2.05, 4.69) is 42.3 Å². The lowest BCUT2D eigenvalue weighted by atomic mass is 9.68. The van der Waals surface area contributed by atoms with Gasteiger partial charge < -0.3 is 24.6 Å². The molecule has 2 aromatic carbocycles. The zero-order valence-corrected chi connectivity index (χ0v) is 30.6. The Kier molecular flexibility index (Phi) is 10.4. The van der Waals surface area contributed by atoms with Crippen LogP contribution in [0.3, 0.4) is 0 Å². The van der Waals surface area contributed by atoms with Crippen LogP contribution in [0.25, 0.3) is 11.0 Å². The predicted molar refractivity (Wildman–Crippen MR) is 198 cm³/mol. The summed E-state index contributed by atoms with van der Waals surface area (Å²) in [7, 11) is 3.34. The van der Waals surface area contributed by atoms with Gasteiger partial charge in [-0.3, -0.25) is 24.6 Å². The number of anilines is 1. The number of amides is 2. The van der Waals surface area contributed by atoms with Crippen LogP contribution < -0.4 is 19.7 Å². The molecule has 1 saturated heterocycles. The zero-order valence-electron chi connectivity index (χ0n) is 30.6. The SMILES string of the molecule is COc1cc2c(cc1OC)[C@]1(CC[C@@H](C(=O)N3CCN(c4ncnc5c4cnn5Cc4ccccc4[N+](=O)[O-])CC3)CC1)N(CCCNC(C)=O)CC2. The second kappa shape index (κ2) is 15.3. The van der Waals surface area contributed by atoms with Crippen LogP contribution in [-0.4, -0.2) is 106 Å². The van der Waals surface area contributed by atoms with Crippen molar-refractivity contribution < 1.29 is 24.0 Å². The highest BCUT2D eigenvalue weighted by Crippen LogP contribution is 2.50. The Labute approximate surface area is 308 Å². The summed E-state index contributed by atoms with van der Waals surface area (Å²) in [5, 5.41) is 19.8. The number of hydrogen-bond acceptors (Lipinski definition) is 11. The largest absolute Gasteiger partial charge is 0.493 e. The first kappa shape index (κ1) is 36.1. The van der Waals surface area contributed by atoms with Gasteiger partial charge in [0.05, 0.1) is 42.8 Å². The molecule has 0 unspecified atom stereocenters. The maximum Gasteiger partial charge on any atom is 0.274 e. The number of para-hydroxylation sites is 1. The summed E-state index contributed by atoms with van der Waals surface area (Å²) in [6.07, 6.45) is 8.28. The highest BCUT2D eigenvalue weighted by Gasteiger charge is 2.47. The minimum Gasteiger partial charge on any atom is -0.493 e. The third-order valence-electron chi connectivity index (χ3n) is 11.3. The summed E-state index contributed by atoms with van der Waals surface area (Å²) >= 11 is 0. The van der Waals surface area contributed by atoms with Gasteiger partial charge >= 0.3 is 0 Å². The molecule has 0 atom stereocenters. The number of fused-ring (bicyclic) bond motifs is 3. The van der Waals surface area contributed by atoms with Gasteiger partial charge in [0.1, 0.15) is 12.1 Å². The molecule has 1 N–H and O–H groups in total. The van der Waals surface area contributed by atoms with Crippen molar-refractivity contribution in [2.45, 2.75) is 57.5 Å². The molecule has 4 aromatic rings. The number of rotatable bonds is 11. The summed E-state index contributed by atoms with van der Waals surface area (Å²) < 4.78 is 13.1. The molecule has 2 aromatic heterocycles. The fourth-order valence-corrected chi connectivity index (χ4v) is 8.62. The molecular weight excluding hydrogens is 678 g/mol. The number of benzene rings is 2. The van der Waals surface area contributed by atoms with E-state index in [1.807, 2.05) is 4.90 Å². The van der Waals surface area contributed by atoms with Crippen molar-refractivity contribution in [3.05, 3.63) is 75.7 Å². The maximum absolute atomic E-state index is 14.0. The van der Waals surface area contributed by atoms with Crippen molar-refractivity contribution in [3.8, 4) is 11.5 Å². The lowest BCUT2D eigenvalue weighted by molar-refractivity contribution is -0.385. The molecule has 0 bridgehead atoms. The lowest BCUT2D eigenvalue weighted by Gasteiger charge is -2.52. The van der Waals surface area contributed by atoms with Crippen molar-refractivity contribution in [1.29, 1.82) is 0 Å². The van der Waals surface area contributed by atoms with E-state index in [0.29, 0.717) is 43.9 Å². The number of nitro groups is 1. The van der Waals surface area contributed by atoms with Crippen LogP contribution in [0.15, 0.2) is 48.9 Å². The van der Waals surface area contributed by atoms with Gasteiger partial charge in [-0.25, -0.2) is 14.6 Å². The number of nitro benzene ring substituents is 1. The number of nitrogens with zero attached hydrogens (tertiary/aromatic N) is 8. The standard InChI is InChI=1S/C38H47N9O6/c1-26(48)39-14-6-15-45-16-11-28-21-33(52-2)34(53-3)22-31(28)38(45)12-9-27(10-13-38)37(49)44-19-17-43(18-20-44)35-30-23-42-46(36(30)41-25-40-35)24-29-7-4-5-8-32(29)47(50)51/h4-5,7-8,21-23,25,27H,6,9-20,24H2,1-3H3,(H,39,48)/t27-,38-. The van der Waals surface area contributed by atoms with Gasteiger partial charge in [-0.15, -0.1) is 0 Å². The van der Waals surface area contributed by atoms with Crippen LogP contribution in [-0.2, 0) is 28.1 Å². The van der Waals surface area contributed by atoms with E-state index in [-0.39, 0.29) is 40.4 Å². The summed E-state index contributed by atoms with van der Waals surface area (Å²) in [5.74, 6) is 2.34. The Balaban J connectivity index is 1.02. The summed E-state index contributed by atoms with van der Waals surface area (Å²) in [4.78, 5) is 52.6. The lowest BCUT2D eigenvalue weighted by Crippen LogP contribution is -2.55. The third-order valence-corrected chi connectivity index (χ3v) is 11.3. The van der Waals surface area contributed by atoms with E-state index in [1.165, 1.54) is 23.5 Å². The van der Waals surface area contributed by atoms with E-state index in [0.717, 1.165) is 74.3 Å². The molecule has 7 rings (SSSR count). The van der Waals surface area contributed by atoms with Crippen LogP contribution in [0.5, 0.6) is 11.5 Å². The van der Waals surface area contributed by atoms with Gasteiger partial charge in [-0.05, 0) is 61.8 Å². The fraction of sp³-hybridized carbons (Fsp3) is 0.500. The molecule has 1 aliphatic carbocycles. The molecule has 15 nitrogen and oxygen atoms in total. The molecule has 4 heterocycles. The number of piperazine rings is 1. The van der Waals surface area contributed by atoms with Crippen molar-refractivity contribution >= 4 is 34.4 Å². The van der Waals surface area contributed by atoms with Gasteiger partial charge in [-0.2, -0.15) is 5.10 Å². The Morgan fingerprint density at radius 1 is 1.02 bits per heavy atom. The molecule has 53 heavy (non-hydrogen) atoms. The van der Waals surface area contributed by atoms with Crippen molar-refractivity contribution in [2.75, 3.05) is 64.9 Å². The highest BCUT2D eigenvalue weighted by atomic mass is 16.6. The van der Waals surface area contributed by atoms with Gasteiger partial charge in [0.25, 0.3) is 5.69 Å². The number of aromatic nitrogens is 4. The van der Waals surface area contributed by atoms with Crippen molar-refractivity contribution in [3.63, 3.8) is 0 Å². The van der Waals surface area contributed by atoms with Crippen LogP contribution in [0.1, 0.15) is 55.7 Å². The van der Waals surface area contributed by atoms with Crippen LogP contribution >= 0.6 is 0 Å². The van der Waals surface area contributed by atoms with E-state index in [4.69, 9.17) is 9.47 Å². The fourth-order valence-electron chi connectivity index (χ4n) is 8.62. The van der Waals surface area contributed by atoms with Crippen LogP contribution in [0.2, 0.25) is 0 Å². The first-order valence-electron chi connectivity index (χ1n) is 18.4. The molecule has 3 aliphatic rings. The average Bonchev–Trinajstić information content (AvgIpc) is 3.59. The molecule has 2 aliphatic heterocycles. The van der Waals surface area contributed by atoms with Crippen molar-refractivity contribution in [2.24, 2.45) is 5.92 Å². The molecule has 1 saturated carbocycles. The van der Waals surface area contributed by atoms with Crippen LogP contribution in [0.4, 0.5) is 11.5 Å². The first-order valence-corrected chi connectivity index (χ1v) is 18.4. The number of carbonyl (C=O) groups excluding carboxylic acids is 2. The number of nitrogens with one attached hydrogen (secondary N) is 1. The van der Waals surface area contributed by atoms with E-state index < -0.39 is 0 Å². The average molecular weight is 726 g/mol. The van der Waals surface area contributed by atoms with Crippen molar-refractivity contribution in [1.82, 2.24) is 34.9 Å². The molecule has 2 fully saturated rings. The Bertz CT molecular complexity index is 1980. The smallest absolute Gasteiger partial charge is 0.274 e. The Morgan fingerprint density at radius 2 is 1.75 bits per heavy atom. The molecular formula is C38H47N9O6. The predicted octanol–water partition coefficient (Wildman–Crippen LogP) is 3.92. The number of methoxy groups -OCH3 is 2. The third kappa shape index (κ3) is 7.09. The molecule has 0 radical (unpaired) electrons. The molecule has 15 heteroatoms. The minimum atomic E-state index is -0.384. The summed E-state index contributed by atoms with van der Waals surface area (Å²) in [6.45, 7) is 6.59. The topological polar surface area (TPSA) is 161 Å². The normalized spacial score (nSPS) is 20.3.